The van der Waals surface area contributed by atoms with Crippen molar-refractivity contribution >= 4 is 29.3 Å². The molecule has 2 amide bonds. The van der Waals surface area contributed by atoms with Gasteiger partial charge in [0.1, 0.15) is 5.76 Å². The number of nitrogens with one attached hydrogen (secondary N) is 2. The van der Waals surface area contributed by atoms with Crippen molar-refractivity contribution in [2.24, 2.45) is 13.0 Å². The van der Waals surface area contributed by atoms with E-state index in [1.807, 2.05) is 55.1 Å². The van der Waals surface area contributed by atoms with Gasteiger partial charge in [-0.1, -0.05) is 23.9 Å². The Bertz CT molecular complexity index is 1040. The second kappa shape index (κ2) is 8.79. The minimum Gasteiger partial charge on any atom is -0.455 e. The zero-order valence-electron chi connectivity index (χ0n) is 16.9. The summed E-state index contributed by atoms with van der Waals surface area (Å²) in [7, 11) is 1.94. The van der Waals surface area contributed by atoms with E-state index in [4.69, 9.17) is 4.42 Å². The summed E-state index contributed by atoms with van der Waals surface area (Å²) in [5.41, 5.74) is 1.72. The molecule has 0 aliphatic heterocycles. The van der Waals surface area contributed by atoms with E-state index in [1.165, 1.54) is 0 Å². The van der Waals surface area contributed by atoms with Crippen LogP contribution in [0.2, 0.25) is 0 Å². The number of anilines is 1. The summed E-state index contributed by atoms with van der Waals surface area (Å²) in [5.74, 6) is 1.59. The summed E-state index contributed by atoms with van der Waals surface area (Å²) in [5, 5.41) is 6.76. The van der Waals surface area contributed by atoms with Gasteiger partial charge in [-0.05, 0) is 49.6 Å². The van der Waals surface area contributed by atoms with Crippen molar-refractivity contribution in [3.05, 3.63) is 65.9 Å². The molecule has 1 aliphatic rings. The number of carbonyl (C=O) groups excluding carboxylic acids is 2. The first-order valence-electron chi connectivity index (χ1n) is 9.90. The maximum absolute atomic E-state index is 12.5. The zero-order chi connectivity index (χ0) is 21.1. The topological polar surface area (TPSA) is 89.2 Å². The number of furan rings is 1. The summed E-state index contributed by atoms with van der Waals surface area (Å²) < 4.78 is 7.63. The van der Waals surface area contributed by atoms with Gasteiger partial charge >= 0.3 is 0 Å². The largest absolute Gasteiger partial charge is 0.455 e. The SMILES string of the molecule is CC(NC(=O)c1ccc(CSc2nccn2C)o1)c1ccc(NC(=O)C2CC2)cc1. The Kier molecular flexibility index (Phi) is 5.94. The molecule has 1 aromatic carbocycles. The van der Waals surface area contributed by atoms with Crippen LogP contribution < -0.4 is 10.6 Å². The molecule has 1 fully saturated rings. The number of hydrogen-bond acceptors (Lipinski definition) is 5. The van der Waals surface area contributed by atoms with Crippen LogP contribution in [0.4, 0.5) is 5.69 Å². The first kappa shape index (κ1) is 20.3. The van der Waals surface area contributed by atoms with Crippen molar-refractivity contribution in [1.29, 1.82) is 0 Å². The molecule has 1 unspecified atom stereocenters. The maximum atomic E-state index is 12.5. The summed E-state index contributed by atoms with van der Waals surface area (Å²) >= 11 is 1.55. The Morgan fingerprint density at radius 3 is 2.67 bits per heavy atom. The van der Waals surface area contributed by atoms with E-state index in [0.29, 0.717) is 5.75 Å². The zero-order valence-corrected chi connectivity index (χ0v) is 17.7. The first-order chi connectivity index (χ1) is 14.5. The molecule has 30 heavy (non-hydrogen) atoms. The third kappa shape index (κ3) is 4.94. The summed E-state index contributed by atoms with van der Waals surface area (Å²) in [6.45, 7) is 1.91. The lowest BCUT2D eigenvalue weighted by molar-refractivity contribution is -0.117. The molecule has 0 radical (unpaired) electrons. The van der Waals surface area contributed by atoms with Crippen molar-refractivity contribution in [2.75, 3.05) is 5.32 Å². The van der Waals surface area contributed by atoms with Gasteiger partial charge < -0.3 is 19.6 Å². The molecule has 2 N–H and O–H groups in total. The van der Waals surface area contributed by atoms with E-state index < -0.39 is 0 Å². The molecule has 4 rings (SSSR count). The van der Waals surface area contributed by atoms with Gasteiger partial charge in [-0.15, -0.1) is 0 Å². The molecule has 1 saturated carbocycles. The summed E-state index contributed by atoms with van der Waals surface area (Å²) in [4.78, 5) is 28.6. The standard InChI is InChI=1S/C22H24N4O3S/c1-14(15-5-7-17(8-6-15)25-20(27)16-3-4-16)24-21(28)19-10-9-18(29-19)13-30-22-23-11-12-26(22)2/h5-12,14,16H,3-4,13H2,1-2H3,(H,24,28)(H,25,27). The number of aryl methyl sites for hydroxylation is 1. The third-order valence-electron chi connectivity index (χ3n) is 4.98. The molecule has 0 bridgehead atoms. The molecule has 156 valence electrons. The highest BCUT2D eigenvalue weighted by Crippen LogP contribution is 2.30. The Hall–Kier alpha value is -3.00. The molecule has 1 atom stereocenters. The molecule has 0 saturated heterocycles. The van der Waals surface area contributed by atoms with Crippen molar-refractivity contribution in [3.63, 3.8) is 0 Å². The third-order valence-corrected chi connectivity index (χ3v) is 6.06. The van der Waals surface area contributed by atoms with E-state index in [-0.39, 0.29) is 29.5 Å². The maximum Gasteiger partial charge on any atom is 0.287 e. The van der Waals surface area contributed by atoms with Crippen molar-refractivity contribution in [3.8, 4) is 0 Å². The van der Waals surface area contributed by atoms with Crippen LogP contribution in [0.15, 0.2) is 58.4 Å². The number of thioether (sulfide) groups is 1. The van der Waals surface area contributed by atoms with Gasteiger partial charge in [0.25, 0.3) is 5.91 Å². The number of hydrogen-bond donors (Lipinski definition) is 2. The average molecular weight is 425 g/mol. The van der Waals surface area contributed by atoms with E-state index in [0.717, 1.165) is 35.0 Å². The fourth-order valence-corrected chi connectivity index (χ4v) is 3.83. The second-order valence-electron chi connectivity index (χ2n) is 7.46. The summed E-state index contributed by atoms with van der Waals surface area (Å²) in [6, 6.07) is 10.8. The normalized spacial score (nSPS) is 14.3. The quantitative estimate of drug-likeness (QED) is 0.531. The van der Waals surface area contributed by atoms with Gasteiger partial charge in [-0.25, -0.2) is 4.98 Å². The smallest absolute Gasteiger partial charge is 0.287 e. The van der Waals surface area contributed by atoms with Crippen LogP contribution in [-0.4, -0.2) is 21.4 Å². The van der Waals surface area contributed by atoms with Crippen LogP contribution in [0.5, 0.6) is 0 Å². The van der Waals surface area contributed by atoms with Crippen LogP contribution in [0, 0.1) is 5.92 Å². The van der Waals surface area contributed by atoms with Gasteiger partial charge in [0.05, 0.1) is 11.8 Å². The highest BCUT2D eigenvalue weighted by molar-refractivity contribution is 7.98. The monoisotopic (exact) mass is 424 g/mol. The lowest BCUT2D eigenvalue weighted by Gasteiger charge is -2.14. The summed E-state index contributed by atoms with van der Waals surface area (Å²) in [6.07, 6.45) is 5.59. The minimum atomic E-state index is -0.262. The molecule has 2 heterocycles. The number of benzene rings is 1. The van der Waals surface area contributed by atoms with Gasteiger partial charge in [0.15, 0.2) is 10.9 Å². The second-order valence-corrected chi connectivity index (χ2v) is 8.40. The first-order valence-corrected chi connectivity index (χ1v) is 10.9. The Morgan fingerprint density at radius 1 is 1.23 bits per heavy atom. The molecular formula is C22H24N4O3S. The van der Waals surface area contributed by atoms with E-state index >= 15 is 0 Å². The number of amides is 2. The molecule has 0 spiro atoms. The molecule has 8 heteroatoms. The number of nitrogens with zero attached hydrogens (tertiary/aromatic N) is 2. The lowest BCUT2D eigenvalue weighted by atomic mass is 10.1. The highest BCUT2D eigenvalue weighted by Gasteiger charge is 2.29. The van der Waals surface area contributed by atoms with Gasteiger partial charge in [-0.2, -0.15) is 0 Å². The van der Waals surface area contributed by atoms with Gasteiger partial charge in [-0.3, -0.25) is 9.59 Å². The lowest BCUT2D eigenvalue weighted by Crippen LogP contribution is -2.26. The van der Waals surface area contributed by atoms with Crippen molar-refractivity contribution in [1.82, 2.24) is 14.9 Å². The minimum absolute atomic E-state index is 0.0822. The fourth-order valence-electron chi connectivity index (χ4n) is 3.00. The number of aromatic nitrogens is 2. The van der Waals surface area contributed by atoms with Crippen molar-refractivity contribution in [2.45, 2.75) is 36.7 Å². The number of imidazole rings is 1. The van der Waals surface area contributed by atoms with Crippen LogP contribution in [-0.2, 0) is 17.6 Å². The number of carbonyl (C=O) groups is 2. The van der Waals surface area contributed by atoms with Gasteiger partial charge in [0.2, 0.25) is 5.91 Å². The predicted molar refractivity (Wildman–Crippen MR) is 115 cm³/mol. The number of rotatable bonds is 8. The molecular weight excluding hydrogens is 400 g/mol. The Morgan fingerprint density at radius 2 is 2.00 bits per heavy atom. The Balaban J connectivity index is 1.30. The van der Waals surface area contributed by atoms with Crippen molar-refractivity contribution < 1.29 is 14.0 Å². The van der Waals surface area contributed by atoms with E-state index in [1.54, 1.807) is 24.0 Å². The van der Waals surface area contributed by atoms with Crippen LogP contribution in [0.25, 0.3) is 0 Å². The van der Waals surface area contributed by atoms with Crippen LogP contribution >= 0.6 is 11.8 Å². The van der Waals surface area contributed by atoms with E-state index in [2.05, 4.69) is 15.6 Å². The Labute approximate surface area is 179 Å². The van der Waals surface area contributed by atoms with Crippen LogP contribution in [0.1, 0.15) is 47.7 Å². The highest BCUT2D eigenvalue weighted by atomic mass is 32.2. The molecule has 1 aliphatic carbocycles. The average Bonchev–Trinajstić information content (AvgIpc) is 3.35. The van der Waals surface area contributed by atoms with Gasteiger partial charge in [0, 0.05) is 31.0 Å². The fraction of sp³-hybridized carbons (Fsp3) is 0.318. The molecule has 2 aromatic heterocycles. The molecule has 3 aromatic rings. The van der Waals surface area contributed by atoms with Crippen LogP contribution in [0.3, 0.4) is 0 Å². The molecule has 7 nitrogen and oxygen atoms in total. The van der Waals surface area contributed by atoms with E-state index in [9.17, 15) is 9.59 Å². The predicted octanol–water partition coefficient (Wildman–Crippen LogP) is 4.14.